The SMILES string of the molecule is O=C(CCC1CCCN1)N1CCCC1C1CCCCC1. The van der Waals surface area contributed by atoms with Gasteiger partial charge in [-0.05, 0) is 57.4 Å². The largest absolute Gasteiger partial charge is 0.339 e. The Kier molecular flexibility index (Phi) is 4.98. The molecule has 3 fully saturated rings. The van der Waals surface area contributed by atoms with E-state index in [1.807, 2.05) is 0 Å². The molecule has 0 radical (unpaired) electrons. The van der Waals surface area contributed by atoms with E-state index in [9.17, 15) is 4.79 Å². The summed E-state index contributed by atoms with van der Waals surface area (Å²) in [6.07, 6.45) is 13.7. The van der Waals surface area contributed by atoms with Crippen LogP contribution in [-0.2, 0) is 4.79 Å². The average molecular weight is 278 g/mol. The summed E-state index contributed by atoms with van der Waals surface area (Å²) in [5.41, 5.74) is 0. The first-order valence-electron chi connectivity index (χ1n) is 8.87. The van der Waals surface area contributed by atoms with Crippen LogP contribution in [0.4, 0.5) is 0 Å². The summed E-state index contributed by atoms with van der Waals surface area (Å²) in [6.45, 7) is 2.17. The Hall–Kier alpha value is -0.570. The van der Waals surface area contributed by atoms with Crippen molar-refractivity contribution in [1.82, 2.24) is 10.2 Å². The van der Waals surface area contributed by atoms with Crippen molar-refractivity contribution in [3.63, 3.8) is 0 Å². The lowest BCUT2D eigenvalue weighted by Gasteiger charge is -2.34. The molecule has 0 spiro atoms. The third-order valence-corrected chi connectivity index (χ3v) is 5.68. The number of hydrogen-bond acceptors (Lipinski definition) is 2. The maximum atomic E-state index is 12.6. The Labute approximate surface area is 123 Å². The van der Waals surface area contributed by atoms with Gasteiger partial charge in [-0.25, -0.2) is 0 Å². The fraction of sp³-hybridized carbons (Fsp3) is 0.941. The molecule has 3 aliphatic rings. The van der Waals surface area contributed by atoms with Crippen molar-refractivity contribution in [3.8, 4) is 0 Å². The lowest BCUT2D eigenvalue weighted by molar-refractivity contribution is -0.133. The summed E-state index contributed by atoms with van der Waals surface area (Å²) >= 11 is 0. The Balaban J connectivity index is 1.49. The summed E-state index contributed by atoms with van der Waals surface area (Å²) in [4.78, 5) is 14.8. The van der Waals surface area contributed by atoms with Crippen molar-refractivity contribution in [1.29, 1.82) is 0 Å². The van der Waals surface area contributed by atoms with Gasteiger partial charge in [0.2, 0.25) is 5.91 Å². The number of amides is 1. The van der Waals surface area contributed by atoms with Crippen LogP contribution in [0.3, 0.4) is 0 Å². The molecule has 0 bridgehead atoms. The third kappa shape index (κ3) is 3.36. The van der Waals surface area contributed by atoms with Gasteiger partial charge in [0.05, 0.1) is 0 Å². The van der Waals surface area contributed by atoms with Crippen LogP contribution in [0.1, 0.15) is 70.6 Å². The van der Waals surface area contributed by atoms with Crippen LogP contribution in [-0.4, -0.2) is 36.0 Å². The maximum absolute atomic E-state index is 12.6. The Morgan fingerprint density at radius 1 is 1.00 bits per heavy atom. The number of nitrogens with one attached hydrogen (secondary N) is 1. The molecule has 1 aliphatic carbocycles. The molecule has 2 atom stereocenters. The van der Waals surface area contributed by atoms with Crippen LogP contribution < -0.4 is 5.32 Å². The van der Waals surface area contributed by atoms with Gasteiger partial charge in [-0.2, -0.15) is 0 Å². The van der Waals surface area contributed by atoms with Gasteiger partial charge in [0.25, 0.3) is 0 Å². The van der Waals surface area contributed by atoms with E-state index in [4.69, 9.17) is 0 Å². The predicted molar refractivity (Wildman–Crippen MR) is 81.6 cm³/mol. The molecule has 20 heavy (non-hydrogen) atoms. The van der Waals surface area contributed by atoms with Crippen LogP contribution in [0.2, 0.25) is 0 Å². The van der Waals surface area contributed by atoms with Crippen molar-refractivity contribution in [2.24, 2.45) is 5.92 Å². The highest BCUT2D eigenvalue weighted by Gasteiger charge is 2.34. The molecule has 1 amide bonds. The van der Waals surface area contributed by atoms with Crippen LogP contribution >= 0.6 is 0 Å². The molecular weight excluding hydrogens is 248 g/mol. The van der Waals surface area contributed by atoms with E-state index in [1.165, 1.54) is 57.8 Å². The number of carbonyl (C=O) groups is 1. The summed E-state index contributed by atoms with van der Waals surface area (Å²) < 4.78 is 0. The molecule has 3 nitrogen and oxygen atoms in total. The van der Waals surface area contributed by atoms with Gasteiger partial charge < -0.3 is 10.2 Å². The van der Waals surface area contributed by atoms with Crippen LogP contribution in [0.5, 0.6) is 0 Å². The van der Waals surface area contributed by atoms with Gasteiger partial charge in [-0.15, -0.1) is 0 Å². The first kappa shape index (κ1) is 14.4. The minimum absolute atomic E-state index is 0.437. The van der Waals surface area contributed by atoms with Crippen molar-refractivity contribution in [2.75, 3.05) is 13.1 Å². The van der Waals surface area contributed by atoms with E-state index in [1.54, 1.807) is 0 Å². The zero-order valence-corrected chi connectivity index (χ0v) is 12.8. The molecule has 0 aromatic carbocycles. The van der Waals surface area contributed by atoms with Gasteiger partial charge in [0, 0.05) is 25.0 Å². The second-order valence-electron chi connectivity index (χ2n) is 7.03. The zero-order valence-electron chi connectivity index (χ0n) is 12.8. The molecule has 1 saturated carbocycles. The van der Waals surface area contributed by atoms with E-state index >= 15 is 0 Å². The van der Waals surface area contributed by atoms with Gasteiger partial charge in [-0.1, -0.05) is 19.3 Å². The van der Waals surface area contributed by atoms with Gasteiger partial charge in [-0.3, -0.25) is 4.79 Å². The van der Waals surface area contributed by atoms with E-state index in [-0.39, 0.29) is 0 Å². The molecular formula is C17H30N2O. The number of nitrogens with zero attached hydrogens (tertiary/aromatic N) is 1. The first-order valence-corrected chi connectivity index (χ1v) is 8.87. The maximum Gasteiger partial charge on any atom is 0.222 e. The number of carbonyl (C=O) groups excluding carboxylic acids is 1. The quantitative estimate of drug-likeness (QED) is 0.857. The highest BCUT2D eigenvalue weighted by molar-refractivity contribution is 5.76. The highest BCUT2D eigenvalue weighted by atomic mass is 16.2. The first-order chi connectivity index (χ1) is 9.84. The Morgan fingerprint density at radius 2 is 1.85 bits per heavy atom. The Bertz CT molecular complexity index is 319. The molecule has 2 saturated heterocycles. The van der Waals surface area contributed by atoms with Gasteiger partial charge in [0.1, 0.15) is 0 Å². The van der Waals surface area contributed by atoms with Gasteiger partial charge in [0.15, 0.2) is 0 Å². The van der Waals surface area contributed by atoms with Crippen molar-refractivity contribution in [3.05, 3.63) is 0 Å². The fourth-order valence-corrected chi connectivity index (χ4v) is 4.56. The van der Waals surface area contributed by atoms with Crippen molar-refractivity contribution in [2.45, 2.75) is 82.7 Å². The molecule has 0 aromatic rings. The summed E-state index contributed by atoms with van der Waals surface area (Å²) in [5.74, 6) is 1.24. The summed E-state index contributed by atoms with van der Waals surface area (Å²) in [5, 5.41) is 3.51. The molecule has 0 aromatic heterocycles. The smallest absolute Gasteiger partial charge is 0.222 e. The van der Waals surface area contributed by atoms with Crippen molar-refractivity contribution < 1.29 is 4.79 Å². The van der Waals surface area contributed by atoms with E-state index in [0.29, 0.717) is 18.0 Å². The van der Waals surface area contributed by atoms with Crippen LogP contribution in [0, 0.1) is 5.92 Å². The standard InChI is InChI=1S/C17H30N2O/c20-17(11-10-15-8-4-12-18-15)19-13-5-9-16(19)14-6-2-1-3-7-14/h14-16,18H,1-13H2. The van der Waals surface area contributed by atoms with E-state index in [0.717, 1.165) is 31.8 Å². The molecule has 2 unspecified atom stereocenters. The van der Waals surface area contributed by atoms with Crippen LogP contribution in [0.15, 0.2) is 0 Å². The summed E-state index contributed by atoms with van der Waals surface area (Å²) in [6, 6.07) is 1.19. The molecule has 3 heteroatoms. The Morgan fingerprint density at radius 3 is 2.60 bits per heavy atom. The molecule has 2 aliphatic heterocycles. The lowest BCUT2D eigenvalue weighted by Crippen LogP contribution is -2.41. The highest BCUT2D eigenvalue weighted by Crippen LogP contribution is 2.34. The molecule has 1 N–H and O–H groups in total. The predicted octanol–water partition coefficient (Wildman–Crippen LogP) is 3.09. The van der Waals surface area contributed by atoms with E-state index in [2.05, 4.69) is 10.2 Å². The van der Waals surface area contributed by atoms with E-state index < -0.39 is 0 Å². The number of hydrogen-bond donors (Lipinski definition) is 1. The second-order valence-corrected chi connectivity index (χ2v) is 7.03. The topological polar surface area (TPSA) is 32.3 Å². The molecule has 3 rings (SSSR count). The molecule has 114 valence electrons. The van der Waals surface area contributed by atoms with Crippen molar-refractivity contribution >= 4 is 5.91 Å². The third-order valence-electron chi connectivity index (χ3n) is 5.68. The molecule has 2 heterocycles. The normalized spacial score (nSPS) is 31.9. The summed E-state index contributed by atoms with van der Waals surface area (Å²) in [7, 11) is 0. The zero-order chi connectivity index (χ0) is 13.8. The minimum atomic E-state index is 0.437. The number of rotatable bonds is 4. The fourth-order valence-electron chi connectivity index (χ4n) is 4.56. The van der Waals surface area contributed by atoms with Gasteiger partial charge >= 0.3 is 0 Å². The lowest BCUT2D eigenvalue weighted by atomic mass is 9.83. The average Bonchev–Trinajstić information content (AvgIpc) is 3.17. The monoisotopic (exact) mass is 278 g/mol. The second kappa shape index (κ2) is 6.93. The minimum Gasteiger partial charge on any atom is -0.339 e. The number of likely N-dealkylation sites (tertiary alicyclic amines) is 1. The van der Waals surface area contributed by atoms with Crippen LogP contribution in [0.25, 0.3) is 0 Å².